The zero-order chi connectivity index (χ0) is 11.8. The number of pyridine rings is 1. The molecule has 3 nitrogen and oxygen atoms in total. The minimum atomic E-state index is 0.754. The minimum absolute atomic E-state index is 0.754. The van der Waals surface area contributed by atoms with Crippen molar-refractivity contribution in [2.75, 3.05) is 14.2 Å². The summed E-state index contributed by atoms with van der Waals surface area (Å²) in [5.41, 5.74) is 4.72. The highest BCUT2D eigenvalue weighted by Crippen LogP contribution is 2.41. The lowest BCUT2D eigenvalue weighted by Crippen LogP contribution is -1.92. The maximum absolute atomic E-state index is 5.32. The molecular formula is C14H13NO2. The Labute approximate surface area is 100 Å². The van der Waals surface area contributed by atoms with Crippen molar-refractivity contribution in [3.63, 3.8) is 0 Å². The molecule has 1 heterocycles. The lowest BCUT2D eigenvalue weighted by molar-refractivity contribution is 0.355. The molecule has 0 aliphatic heterocycles. The van der Waals surface area contributed by atoms with Gasteiger partial charge in [-0.25, -0.2) is 0 Å². The molecule has 0 saturated carbocycles. The third kappa shape index (κ3) is 1.46. The number of benzene rings is 1. The van der Waals surface area contributed by atoms with Crippen molar-refractivity contribution in [2.45, 2.75) is 6.42 Å². The van der Waals surface area contributed by atoms with E-state index in [1.165, 1.54) is 11.1 Å². The third-order valence-electron chi connectivity index (χ3n) is 3.14. The van der Waals surface area contributed by atoms with E-state index < -0.39 is 0 Å². The van der Waals surface area contributed by atoms with E-state index >= 15 is 0 Å². The predicted octanol–water partition coefficient (Wildman–Crippen LogP) is 2.67. The lowest BCUT2D eigenvalue weighted by Gasteiger charge is -2.09. The molecule has 0 radical (unpaired) electrons. The van der Waals surface area contributed by atoms with Crippen LogP contribution in [0.5, 0.6) is 11.5 Å². The van der Waals surface area contributed by atoms with Gasteiger partial charge in [-0.3, -0.25) is 4.98 Å². The van der Waals surface area contributed by atoms with Gasteiger partial charge in [0.25, 0.3) is 0 Å². The minimum Gasteiger partial charge on any atom is -0.493 e. The Morgan fingerprint density at radius 1 is 1.06 bits per heavy atom. The second kappa shape index (κ2) is 3.77. The van der Waals surface area contributed by atoms with Crippen LogP contribution in [0.2, 0.25) is 0 Å². The Kier molecular flexibility index (Phi) is 2.25. The van der Waals surface area contributed by atoms with Gasteiger partial charge in [0, 0.05) is 18.2 Å². The van der Waals surface area contributed by atoms with Crippen LogP contribution < -0.4 is 9.47 Å². The summed E-state index contributed by atoms with van der Waals surface area (Å²) in [6.45, 7) is 0. The number of hydrogen-bond donors (Lipinski definition) is 0. The van der Waals surface area contributed by atoms with Gasteiger partial charge in [0.1, 0.15) is 0 Å². The fourth-order valence-electron chi connectivity index (χ4n) is 2.32. The Morgan fingerprint density at radius 2 is 1.82 bits per heavy atom. The van der Waals surface area contributed by atoms with E-state index in [-0.39, 0.29) is 0 Å². The molecular weight excluding hydrogens is 214 g/mol. The molecule has 0 saturated heterocycles. The van der Waals surface area contributed by atoms with Crippen molar-refractivity contribution in [1.29, 1.82) is 0 Å². The van der Waals surface area contributed by atoms with Crippen molar-refractivity contribution in [1.82, 2.24) is 4.98 Å². The quantitative estimate of drug-likeness (QED) is 0.674. The summed E-state index contributed by atoms with van der Waals surface area (Å²) in [4.78, 5) is 4.44. The van der Waals surface area contributed by atoms with E-state index in [1.54, 1.807) is 14.2 Å². The van der Waals surface area contributed by atoms with Crippen LogP contribution >= 0.6 is 0 Å². The number of hydrogen-bond acceptors (Lipinski definition) is 3. The lowest BCUT2D eigenvalue weighted by atomic mass is 10.1. The number of methoxy groups -OCH3 is 2. The molecule has 2 aromatic rings. The average Bonchev–Trinajstić information content (AvgIpc) is 2.74. The van der Waals surface area contributed by atoms with Crippen LogP contribution in [-0.2, 0) is 6.42 Å². The van der Waals surface area contributed by atoms with Crippen molar-refractivity contribution >= 4 is 0 Å². The molecule has 0 fully saturated rings. The number of nitrogens with zero attached hydrogens (tertiary/aromatic N) is 1. The average molecular weight is 227 g/mol. The molecule has 1 aromatic carbocycles. The standard InChI is InChI=1S/C14H13NO2/c1-16-12-7-10-6-9-4-3-5-15-14(9)11(10)8-13(12)17-2/h3-5,7-8H,6H2,1-2H3. The van der Waals surface area contributed by atoms with E-state index in [4.69, 9.17) is 9.47 Å². The van der Waals surface area contributed by atoms with Crippen molar-refractivity contribution < 1.29 is 9.47 Å². The second-order valence-electron chi connectivity index (χ2n) is 4.05. The Balaban J connectivity index is 2.20. The van der Waals surface area contributed by atoms with Crippen LogP contribution in [0.25, 0.3) is 11.3 Å². The number of rotatable bonds is 2. The van der Waals surface area contributed by atoms with Crippen LogP contribution in [0.1, 0.15) is 11.1 Å². The normalized spacial score (nSPS) is 11.9. The van der Waals surface area contributed by atoms with Gasteiger partial charge in [-0.05, 0) is 29.3 Å². The summed E-state index contributed by atoms with van der Waals surface area (Å²) < 4.78 is 10.6. The second-order valence-corrected chi connectivity index (χ2v) is 4.05. The highest BCUT2D eigenvalue weighted by atomic mass is 16.5. The molecule has 86 valence electrons. The summed E-state index contributed by atoms with van der Waals surface area (Å²) in [5.74, 6) is 1.53. The van der Waals surface area contributed by atoms with E-state index in [0.717, 1.165) is 29.2 Å². The Morgan fingerprint density at radius 3 is 2.59 bits per heavy atom. The number of ether oxygens (including phenoxy) is 2. The molecule has 1 aromatic heterocycles. The summed E-state index contributed by atoms with van der Waals surface area (Å²) in [7, 11) is 3.31. The maximum atomic E-state index is 5.32. The van der Waals surface area contributed by atoms with Gasteiger partial charge < -0.3 is 9.47 Å². The third-order valence-corrected chi connectivity index (χ3v) is 3.14. The highest BCUT2D eigenvalue weighted by molar-refractivity contribution is 5.76. The zero-order valence-electron chi connectivity index (χ0n) is 9.86. The SMILES string of the molecule is COc1cc2c(cc1OC)-c1ncccc1C2. The first-order chi connectivity index (χ1) is 8.33. The number of aromatic nitrogens is 1. The van der Waals surface area contributed by atoms with E-state index in [1.807, 2.05) is 24.4 Å². The van der Waals surface area contributed by atoms with Gasteiger partial charge in [-0.1, -0.05) is 6.07 Å². The molecule has 0 bridgehead atoms. The molecule has 17 heavy (non-hydrogen) atoms. The molecule has 3 heteroatoms. The van der Waals surface area contributed by atoms with Crippen molar-refractivity contribution in [3.05, 3.63) is 41.6 Å². The molecule has 1 aliphatic carbocycles. The molecule has 0 atom stereocenters. The first kappa shape index (κ1) is 10.1. The van der Waals surface area contributed by atoms with Gasteiger partial charge in [0.2, 0.25) is 0 Å². The zero-order valence-corrected chi connectivity index (χ0v) is 9.86. The fraction of sp³-hybridized carbons (Fsp3) is 0.214. The predicted molar refractivity (Wildman–Crippen MR) is 65.6 cm³/mol. The van der Waals surface area contributed by atoms with Gasteiger partial charge in [-0.15, -0.1) is 0 Å². The Bertz CT molecular complexity index is 578. The first-order valence-corrected chi connectivity index (χ1v) is 5.52. The molecule has 1 aliphatic rings. The van der Waals surface area contributed by atoms with Gasteiger partial charge >= 0.3 is 0 Å². The summed E-state index contributed by atoms with van der Waals surface area (Å²) in [6.07, 6.45) is 2.74. The smallest absolute Gasteiger partial charge is 0.161 e. The molecule has 0 amide bonds. The van der Waals surface area contributed by atoms with Crippen LogP contribution in [-0.4, -0.2) is 19.2 Å². The topological polar surface area (TPSA) is 31.4 Å². The first-order valence-electron chi connectivity index (χ1n) is 5.52. The molecule has 0 N–H and O–H groups in total. The summed E-state index contributed by atoms with van der Waals surface area (Å²) in [6, 6.07) is 8.13. The largest absolute Gasteiger partial charge is 0.493 e. The van der Waals surface area contributed by atoms with Crippen molar-refractivity contribution in [3.8, 4) is 22.8 Å². The fourth-order valence-corrected chi connectivity index (χ4v) is 2.32. The van der Waals surface area contributed by atoms with E-state index in [0.29, 0.717) is 0 Å². The van der Waals surface area contributed by atoms with Crippen LogP contribution in [0.4, 0.5) is 0 Å². The number of fused-ring (bicyclic) bond motifs is 3. The van der Waals surface area contributed by atoms with E-state index in [2.05, 4.69) is 11.1 Å². The van der Waals surface area contributed by atoms with E-state index in [9.17, 15) is 0 Å². The van der Waals surface area contributed by atoms with Crippen LogP contribution in [0.15, 0.2) is 30.5 Å². The van der Waals surface area contributed by atoms with Crippen LogP contribution in [0.3, 0.4) is 0 Å². The van der Waals surface area contributed by atoms with Crippen LogP contribution in [0, 0.1) is 0 Å². The monoisotopic (exact) mass is 227 g/mol. The van der Waals surface area contributed by atoms with Gasteiger partial charge in [0.15, 0.2) is 11.5 Å². The summed E-state index contributed by atoms with van der Waals surface area (Å²) >= 11 is 0. The summed E-state index contributed by atoms with van der Waals surface area (Å²) in [5, 5.41) is 0. The van der Waals surface area contributed by atoms with Gasteiger partial charge in [-0.2, -0.15) is 0 Å². The highest BCUT2D eigenvalue weighted by Gasteiger charge is 2.22. The maximum Gasteiger partial charge on any atom is 0.161 e. The Hall–Kier alpha value is -2.03. The molecule has 0 spiro atoms. The molecule has 3 rings (SSSR count). The molecule has 0 unspecified atom stereocenters. The van der Waals surface area contributed by atoms with Gasteiger partial charge in [0.05, 0.1) is 19.9 Å². The van der Waals surface area contributed by atoms with Crippen molar-refractivity contribution in [2.24, 2.45) is 0 Å².